The lowest BCUT2D eigenvalue weighted by atomic mass is 10.2. The van der Waals surface area contributed by atoms with Crippen molar-refractivity contribution in [3.63, 3.8) is 0 Å². The van der Waals surface area contributed by atoms with Crippen LogP contribution in [0.1, 0.15) is 11.1 Å². The van der Waals surface area contributed by atoms with Gasteiger partial charge in [0.15, 0.2) is 11.5 Å². The number of carbonyl (C=O) groups excluding carboxylic acids is 1. The number of halogens is 6. The molecule has 0 fully saturated rings. The minimum Gasteiger partial charge on any atom is -0.393 e. The van der Waals surface area contributed by atoms with Crippen LogP contribution >= 0.6 is 55.1 Å². The Morgan fingerprint density at radius 3 is 1.58 bits per heavy atom. The number of hydrogen-bond donors (Lipinski definition) is 0. The molecule has 0 aromatic heterocycles. The van der Waals surface area contributed by atoms with E-state index in [0.29, 0.717) is 0 Å². The molecule has 0 aliphatic rings. The quantitative estimate of drug-likeness (QED) is 0.251. The Balaban J connectivity index is 2.27. The second-order valence-corrected chi connectivity index (χ2v) is 7.14. The van der Waals surface area contributed by atoms with Gasteiger partial charge < -0.3 is 9.47 Å². The maximum absolute atomic E-state index is 13.7. The van der Waals surface area contributed by atoms with Crippen LogP contribution in [0.5, 0.6) is 11.5 Å². The van der Waals surface area contributed by atoms with Gasteiger partial charge in [-0.2, -0.15) is 0 Å². The molecule has 2 rings (SSSR count). The molecule has 0 aliphatic carbocycles. The van der Waals surface area contributed by atoms with Crippen molar-refractivity contribution in [2.75, 3.05) is 0 Å². The van der Waals surface area contributed by atoms with Crippen LogP contribution < -0.4 is 9.47 Å². The lowest BCUT2D eigenvalue weighted by Crippen LogP contribution is -2.15. The Bertz CT molecular complexity index is 777. The second kappa shape index (κ2) is 7.56. The number of hydrogen-bond acceptors (Lipinski definition) is 3. The van der Waals surface area contributed by atoms with E-state index < -0.39 is 17.8 Å². The van der Waals surface area contributed by atoms with Crippen LogP contribution in [0.4, 0.5) is 13.6 Å². The summed E-state index contributed by atoms with van der Waals surface area (Å²) >= 11 is 17.9. The van der Waals surface area contributed by atoms with Gasteiger partial charge in [-0.25, -0.2) is 13.6 Å². The predicted octanol–water partition coefficient (Wildman–Crippen LogP) is 6.99. The first kappa shape index (κ1) is 19.4. The normalized spacial score (nSPS) is 10.7. The highest BCUT2D eigenvalue weighted by Gasteiger charge is 2.20. The molecule has 2 aromatic rings. The van der Waals surface area contributed by atoms with E-state index in [4.69, 9.17) is 32.7 Å². The number of benzene rings is 2. The van der Waals surface area contributed by atoms with E-state index >= 15 is 0 Å². The largest absolute Gasteiger partial charge is 0.519 e. The van der Waals surface area contributed by atoms with Crippen molar-refractivity contribution in [3.8, 4) is 11.5 Å². The Hall–Kier alpha value is -0.890. The molecule has 9 heteroatoms. The minimum absolute atomic E-state index is 0.0739. The number of ether oxygens (including phenoxy) is 2. The zero-order valence-corrected chi connectivity index (χ0v) is 16.8. The summed E-state index contributed by atoms with van der Waals surface area (Å²) in [7, 11) is 0. The fourth-order valence-electron chi connectivity index (χ4n) is 1.75. The highest BCUT2D eigenvalue weighted by atomic mass is 79.9. The Morgan fingerprint density at radius 2 is 1.25 bits per heavy atom. The molecule has 0 bridgehead atoms. The third kappa shape index (κ3) is 3.85. The fraction of sp³-hybridized carbons (Fsp3) is 0.133. The smallest absolute Gasteiger partial charge is 0.393 e. The van der Waals surface area contributed by atoms with E-state index in [1.54, 1.807) is 0 Å². The van der Waals surface area contributed by atoms with Crippen LogP contribution in [0, 0.1) is 25.5 Å². The van der Waals surface area contributed by atoms with Crippen molar-refractivity contribution < 1.29 is 23.0 Å². The van der Waals surface area contributed by atoms with Crippen LogP contribution in [0.2, 0.25) is 10.0 Å². The van der Waals surface area contributed by atoms with Crippen LogP contribution in [0.25, 0.3) is 0 Å². The lowest BCUT2D eigenvalue weighted by Gasteiger charge is -2.12. The molecule has 0 N–H and O–H groups in total. The van der Waals surface area contributed by atoms with Gasteiger partial charge in [-0.15, -0.1) is 0 Å². The van der Waals surface area contributed by atoms with Crippen molar-refractivity contribution >= 4 is 61.2 Å². The highest BCUT2D eigenvalue weighted by molar-refractivity contribution is 9.10. The summed E-state index contributed by atoms with van der Waals surface area (Å²) < 4.78 is 37.4. The first-order valence-electron chi connectivity index (χ1n) is 6.31. The molecule has 24 heavy (non-hydrogen) atoms. The summed E-state index contributed by atoms with van der Waals surface area (Å²) in [4.78, 5) is 11.9. The predicted molar refractivity (Wildman–Crippen MR) is 94.3 cm³/mol. The standard InChI is InChI=1S/C15H8Br2Cl2F2O3/c1-5-11(18)9(3-7(16)13(5)20)23-15(22)24-10-4-8(17)14(21)6(2)12(10)19/h3-4H,1-2H3. The molecule has 0 unspecified atom stereocenters. The van der Waals surface area contributed by atoms with Crippen molar-refractivity contribution in [1.82, 2.24) is 0 Å². The molecule has 0 saturated heterocycles. The first-order valence-corrected chi connectivity index (χ1v) is 8.65. The number of rotatable bonds is 2. The van der Waals surface area contributed by atoms with Crippen molar-refractivity contribution in [3.05, 3.63) is 53.9 Å². The van der Waals surface area contributed by atoms with Gasteiger partial charge >= 0.3 is 6.16 Å². The van der Waals surface area contributed by atoms with Gasteiger partial charge in [-0.3, -0.25) is 0 Å². The van der Waals surface area contributed by atoms with Gasteiger partial charge in [-0.1, -0.05) is 23.2 Å². The molecule has 0 radical (unpaired) electrons. The molecular weight excluding hydrogens is 497 g/mol. The fourth-order valence-corrected chi connectivity index (χ4v) is 3.12. The van der Waals surface area contributed by atoms with E-state index in [1.807, 2.05) is 0 Å². The SMILES string of the molecule is Cc1c(F)c(Br)cc(OC(=O)Oc2cc(Br)c(F)c(C)c2Cl)c1Cl. The average molecular weight is 505 g/mol. The van der Waals surface area contributed by atoms with Crippen molar-refractivity contribution in [2.45, 2.75) is 13.8 Å². The molecular formula is C15H8Br2Cl2F2O3. The molecule has 3 nitrogen and oxygen atoms in total. The summed E-state index contributed by atoms with van der Waals surface area (Å²) in [6, 6.07) is 2.39. The van der Waals surface area contributed by atoms with Gasteiger partial charge in [0.2, 0.25) is 0 Å². The van der Waals surface area contributed by atoms with E-state index in [9.17, 15) is 13.6 Å². The molecule has 2 aromatic carbocycles. The minimum atomic E-state index is -1.16. The van der Waals surface area contributed by atoms with Gasteiger partial charge in [-0.05, 0) is 57.8 Å². The second-order valence-electron chi connectivity index (χ2n) is 4.67. The topological polar surface area (TPSA) is 35.5 Å². The van der Waals surface area contributed by atoms with Gasteiger partial charge in [0.1, 0.15) is 11.6 Å². The molecule has 0 aliphatic heterocycles. The lowest BCUT2D eigenvalue weighted by molar-refractivity contribution is 0.151. The average Bonchev–Trinajstić information content (AvgIpc) is 2.53. The molecule has 0 heterocycles. The summed E-state index contributed by atoms with van der Waals surface area (Å²) in [6.45, 7) is 2.86. The zero-order valence-electron chi connectivity index (χ0n) is 12.1. The maximum atomic E-state index is 13.7. The van der Waals surface area contributed by atoms with Gasteiger partial charge in [0.05, 0.1) is 19.0 Å². The van der Waals surface area contributed by atoms with Crippen molar-refractivity contribution in [1.29, 1.82) is 0 Å². The summed E-state index contributed by atoms with van der Waals surface area (Å²) in [6.07, 6.45) is -1.16. The number of carbonyl (C=O) groups is 1. The zero-order chi connectivity index (χ0) is 18.2. The van der Waals surface area contributed by atoms with E-state index in [2.05, 4.69) is 31.9 Å². The molecule has 0 spiro atoms. The molecule has 128 valence electrons. The van der Waals surface area contributed by atoms with Crippen LogP contribution in [-0.2, 0) is 0 Å². The molecule has 0 saturated carbocycles. The van der Waals surface area contributed by atoms with E-state index in [-0.39, 0.29) is 41.6 Å². The first-order chi connectivity index (χ1) is 11.1. The molecule has 0 amide bonds. The van der Waals surface area contributed by atoms with Crippen LogP contribution in [-0.4, -0.2) is 6.16 Å². The Morgan fingerprint density at radius 1 is 0.917 bits per heavy atom. The van der Waals surface area contributed by atoms with E-state index in [0.717, 1.165) is 0 Å². The van der Waals surface area contributed by atoms with Crippen LogP contribution in [0.15, 0.2) is 21.1 Å². The third-order valence-corrected chi connectivity index (χ3v) is 5.16. The monoisotopic (exact) mass is 502 g/mol. The third-order valence-electron chi connectivity index (χ3n) is 3.07. The van der Waals surface area contributed by atoms with Gasteiger partial charge in [0, 0.05) is 11.1 Å². The summed E-state index contributed by atoms with van der Waals surface area (Å²) in [5.41, 5.74) is 0.208. The summed E-state index contributed by atoms with van der Waals surface area (Å²) in [5, 5.41) is -0.148. The Labute approximate surface area is 163 Å². The van der Waals surface area contributed by atoms with Crippen LogP contribution in [0.3, 0.4) is 0 Å². The highest BCUT2D eigenvalue weighted by Crippen LogP contribution is 2.37. The maximum Gasteiger partial charge on any atom is 0.519 e. The summed E-state index contributed by atoms with van der Waals surface area (Å²) in [5.74, 6) is -1.33. The Kier molecular flexibility index (Phi) is 6.12. The van der Waals surface area contributed by atoms with Crippen molar-refractivity contribution in [2.24, 2.45) is 0 Å². The van der Waals surface area contributed by atoms with Gasteiger partial charge in [0.25, 0.3) is 0 Å². The van der Waals surface area contributed by atoms with E-state index in [1.165, 1.54) is 26.0 Å². The molecule has 0 atom stereocenters.